The van der Waals surface area contributed by atoms with E-state index >= 15 is 0 Å². The van der Waals surface area contributed by atoms with Gasteiger partial charge in [0.15, 0.2) is 0 Å². The molecule has 1 aliphatic heterocycles. The molecule has 2 atom stereocenters. The third kappa shape index (κ3) is 5.43. The van der Waals surface area contributed by atoms with Gasteiger partial charge in [-0.25, -0.2) is 4.39 Å². The number of halogens is 1. The van der Waals surface area contributed by atoms with Gasteiger partial charge in [-0.05, 0) is 54.1 Å². The molecule has 0 bridgehead atoms. The monoisotopic (exact) mass is 492 g/mol. The highest BCUT2D eigenvalue weighted by Crippen LogP contribution is 2.40. The molecule has 7 nitrogen and oxygen atoms in total. The highest BCUT2D eigenvalue weighted by molar-refractivity contribution is 5.95. The van der Waals surface area contributed by atoms with Crippen LogP contribution in [-0.4, -0.2) is 51.1 Å². The standard InChI is InChI=1S/C28H29FN2O5/c1-34-21-6-4-5-19(13-21)28(33)31-16-24(23-14-22(35-2)11-12-26(23)36-3)25(17-31)27(32)30-15-18-7-9-20(29)10-8-18/h4-14,24-25H,15-17H2,1-3H3,(H,30,32)/t24-,25+/m1/s1. The summed E-state index contributed by atoms with van der Waals surface area (Å²) < 4.78 is 29.5. The first kappa shape index (κ1) is 25.0. The Balaban J connectivity index is 1.62. The van der Waals surface area contributed by atoms with Crippen LogP contribution >= 0.6 is 0 Å². The molecule has 0 aliphatic carbocycles. The first-order valence-corrected chi connectivity index (χ1v) is 11.6. The Labute approximate surface area is 209 Å². The Morgan fingerprint density at radius 2 is 1.64 bits per heavy atom. The lowest BCUT2D eigenvalue weighted by atomic mass is 9.87. The largest absolute Gasteiger partial charge is 0.497 e. The lowest BCUT2D eigenvalue weighted by molar-refractivity contribution is -0.125. The van der Waals surface area contributed by atoms with Gasteiger partial charge in [0, 0.05) is 36.7 Å². The smallest absolute Gasteiger partial charge is 0.254 e. The van der Waals surface area contributed by atoms with E-state index in [1.807, 2.05) is 6.07 Å². The number of ether oxygens (including phenoxy) is 3. The molecular weight excluding hydrogens is 463 g/mol. The fraction of sp³-hybridized carbons (Fsp3) is 0.286. The third-order valence-electron chi connectivity index (χ3n) is 6.48. The summed E-state index contributed by atoms with van der Waals surface area (Å²) in [5.41, 5.74) is 2.06. The van der Waals surface area contributed by atoms with Crippen molar-refractivity contribution in [1.29, 1.82) is 0 Å². The van der Waals surface area contributed by atoms with Crippen LogP contribution in [0.3, 0.4) is 0 Å². The molecule has 1 N–H and O–H groups in total. The van der Waals surface area contributed by atoms with Gasteiger partial charge in [0.2, 0.25) is 5.91 Å². The van der Waals surface area contributed by atoms with Crippen molar-refractivity contribution in [2.24, 2.45) is 5.92 Å². The average molecular weight is 493 g/mol. The zero-order chi connectivity index (χ0) is 25.7. The molecule has 3 aromatic carbocycles. The Morgan fingerprint density at radius 1 is 0.917 bits per heavy atom. The molecule has 3 aromatic rings. The quantitative estimate of drug-likeness (QED) is 0.514. The van der Waals surface area contributed by atoms with E-state index in [9.17, 15) is 14.0 Å². The lowest BCUT2D eigenvalue weighted by Crippen LogP contribution is -2.35. The van der Waals surface area contributed by atoms with E-state index in [0.29, 0.717) is 29.4 Å². The molecule has 36 heavy (non-hydrogen) atoms. The molecule has 0 spiro atoms. The first-order chi connectivity index (χ1) is 17.4. The van der Waals surface area contributed by atoms with Gasteiger partial charge in [0.05, 0.1) is 27.2 Å². The topological polar surface area (TPSA) is 77.1 Å². The highest BCUT2D eigenvalue weighted by Gasteiger charge is 2.42. The van der Waals surface area contributed by atoms with Crippen LogP contribution in [0.4, 0.5) is 4.39 Å². The van der Waals surface area contributed by atoms with Crippen LogP contribution in [0.25, 0.3) is 0 Å². The summed E-state index contributed by atoms with van der Waals surface area (Å²) in [5.74, 6) is 0.266. The number of nitrogens with one attached hydrogen (secondary N) is 1. The van der Waals surface area contributed by atoms with E-state index in [-0.39, 0.29) is 36.6 Å². The number of likely N-dealkylation sites (tertiary alicyclic amines) is 1. The minimum absolute atomic E-state index is 0.186. The molecule has 4 rings (SSSR count). The minimum Gasteiger partial charge on any atom is -0.497 e. The summed E-state index contributed by atoms with van der Waals surface area (Å²) in [6, 6.07) is 18.4. The zero-order valence-electron chi connectivity index (χ0n) is 20.5. The second kappa shape index (κ2) is 11.1. The predicted octanol–water partition coefficient (Wildman–Crippen LogP) is 4.02. The second-order valence-corrected chi connectivity index (χ2v) is 8.61. The van der Waals surface area contributed by atoms with Gasteiger partial charge in [0.25, 0.3) is 5.91 Å². The number of amides is 2. The van der Waals surface area contributed by atoms with Gasteiger partial charge in [-0.3, -0.25) is 9.59 Å². The summed E-state index contributed by atoms with van der Waals surface area (Å²) in [5, 5.41) is 2.95. The summed E-state index contributed by atoms with van der Waals surface area (Å²) in [4.78, 5) is 28.5. The third-order valence-corrected chi connectivity index (χ3v) is 6.48. The van der Waals surface area contributed by atoms with Gasteiger partial charge in [-0.1, -0.05) is 18.2 Å². The molecule has 1 fully saturated rings. The van der Waals surface area contributed by atoms with E-state index in [0.717, 1.165) is 11.1 Å². The van der Waals surface area contributed by atoms with Gasteiger partial charge < -0.3 is 24.4 Å². The molecule has 0 aromatic heterocycles. The van der Waals surface area contributed by atoms with E-state index in [1.54, 1.807) is 74.8 Å². The number of benzene rings is 3. The first-order valence-electron chi connectivity index (χ1n) is 11.6. The predicted molar refractivity (Wildman–Crippen MR) is 133 cm³/mol. The molecule has 0 saturated carbocycles. The molecule has 1 saturated heterocycles. The van der Waals surface area contributed by atoms with Crippen LogP contribution < -0.4 is 19.5 Å². The number of hydrogen-bond donors (Lipinski definition) is 1. The molecular formula is C28H29FN2O5. The number of methoxy groups -OCH3 is 3. The van der Waals surface area contributed by atoms with Crippen molar-refractivity contribution in [2.75, 3.05) is 34.4 Å². The molecule has 0 radical (unpaired) electrons. The number of hydrogen-bond acceptors (Lipinski definition) is 5. The Kier molecular flexibility index (Phi) is 7.73. The highest BCUT2D eigenvalue weighted by atomic mass is 19.1. The molecule has 188 valence electrons. The van der Waals surface area contributed by atoms with Gasteiger partial charge in [-0.15, -0.1) is 0 Å². The number of carbonyl (C=O) groups excluding carboxylic acids is 2. The number of rotatable bonds is 8. The van der Waals surface area contributed by atoms with Crippen molar-refractivity contribution in [3.05, 3.63) is 89.2 Å². The van der Waals surface area contributed by atoms with Gasteiger partial charge >= 0.3 is 0 Å². The van der Waals surface area contributed by atoms with Crippen LogP contribution in [0.1, 0.15) is 27.4 Å². The van der Waals surface area contributed by atoms with Crippen LogP contribution in [-0.2, 0) is 11.3 Å². The maximum Gasteiger partial charge on any atom is 0.254 e. The molecule has 1 aliphatic rings. The van der Waals surface area contributed by atoms with Crippen molar-refractivity contribution in [1.82, 2.24) is 10.2 Å². The van der Waals surface area contributed by atoms with Crippen LogP contribution in [0.5, 0.6) is 17.2 Å². The normalized spacial score (nSPS) is 16.9. The maximum absolute atomic E-state index is 13.4. The lowest BCUT2D eigenvalue weighted by Gasteiger charge is -2.21. The fourth-order valence-electron chi connectivity index (χ4n) is 4.54. The van der Waals surface area contributed by atoms with Gasteiger partial charge in [-0.2, -0.15) is 0 Å². The molecule has 1 heterocycles. The summed E-state index contributed by atoms with van der Waals surface area (Å²) >= 11 is 0. The SMILES string of the molecule is COc1cccc(C(=O)N2C[C@H](C(=O)NCc3ccc(F)cc3)[C@@H](c3cc(OC)ccc3OC)C2)c1. The van der Waals surface area contributed by atoms with Gasteiger partial charge in [0.1, 0.15) is 23.1 Å². The van der Waals surface area contributed by atoms with Crippen LogP contribution in [0.2, 0.25) is 0 Å². The molecule has 2 amide bonds. The van der Waals surface area contributed by atoms with Crippen LogP contribution in [0.15, 0.2) is 66.7 Å². The second-order valence-electron chi connectivity index (χ2n) is 8.61. The van der Waals surface area contributed by atoms with Crippen molar-refractivity contribution in [3.63, 3.8) is 0 Å². The summed E-state index contributed by atoms with van der Waals surface area (Å²) in [6.07, 6.45) is 0. The Morgan fingerprint density at radius 3 is 2.33 bits per heavy atom. The van der Waals surface area contributed by atoms with E-state index in [1.165, 1.54) is 12.1 Å². The van der Waals surface area contributed by atoms with Crippen molar-refractivity contribution >= 4 is 11.8 Å². The molecule has 0 unspecified atom stereocenters. The zero-order valence-corrected chi connectivity index (χ0v) is 20.5. The minimum atomic E-state index is -0.527. The van der Waals surface area contributed by atoms with Crippen molar-refractivity contribution in [3.8, 4) is 17.2 Å². The van der Waals surface area contributed by atoms with E-state index in [2.05, 4.69) is 5.32 Å². The molecule has 8 heteroatoms. The van der Waals surface area contributed by atoms with Crippen LogP contribution in [0, 0.1) is 11.7 Å². The summed E-state index contributed by atoms with van der Waals surface area (Å²) in [6.45, 7) is 0.811. The van der Waals surface area contributed by atoms with E-state index in [4.69, 9.17) is 14.2 Å². The number of nitrogens with zero attached hydrogens (tertiary/aromatic N) is 1. The average Bonchev–Trinajstić information content (AvgIpc) is 3.37. The van der Waals surface area contributed by atoms with Crippen molar-refractivity contribution in [2.45, 2.75) is 12.5 Å². The van der Waals surface area contributed by atoms with Crippen molar-refractivity contribution < 1.29 is 28.2 Å². The Bertz CT molecular complexity index is 1230. The van der Waals surface area contributed by atoms with E-state index < -0.39 is 5.92 Å². The summed E-state index contributed by atoms with van der Waals surface area (Å²) in [7, 11) is 4.70. The fourth-order valence-corrected chi connectivity index (χ4v) is 4.54. The number of carbonyl (C=O) groups is 2. The maximum atomic E-state index is 13.4. The Hall–Kier alpha value is -4.07.